The number of anilines is 1. The van der Waals surface area contributed by atoms with E-state index in [1.807, 2.05) is 0 Å². The maximum absolute atomic E-state index is 13.0. The second-order valence-electron chi connectivity index (χ2n) is 4.76. The van der Waals surface area contributed by atoms with E-state index in [2.05, 4.69) is 10.1 Å². The smallest absolute Gasteiger partial charge is 0.428 e. The first-order valence-electron chi connectivity index (χ1n) is 7.13. The molecular weight excluding hydrogens is 331 g/mol. The van der Waals surface area contributed by atoms with Crippen LogP contribution in [0.25, 0.3) is 0 Å². The van der Waals surface area contributed by atoms with Gasteiger partial charge in [-0.2, -0.15) is 13.2 Å². The number of ether oxygens (including phenoxy) is 2. The van der Waals surface area contributed by atoms with E-state index in [9.17, 15) is 27.9 Å². The van der Waals surface area contributed by atoms with Crippen LogP contribution in [0.4, 0.5) is 18.9 Å². The van der Waals surface area contributed by atoms with Gasteiger partial charge in [-0.25, -0.2) is 4.79 Å². The molecule has 9 heteroatoms. The van der Waals surface area contributed by atoms with Crippen LogP contribution < -0.4 is 10.1 Å². The largest absolute Gasteiger partial charge is 0.494 e. The van der Waals surface area contributed by atoms with Crippen molar-refractivity contribution >= 4 is 17.6 Å². The van der Waals surface area contributed by atoms with Crippen LogP contribution in [-0.2, 0) is 14.3 Å². The van der Waals surface area contributed by atoms with Gasteiger partial charge in [0.15, 0.2) is 0 Å². The minimum Gasteiger partial charge on any atom is -0.494 e. The number of carbonyl (C=O) groups excluding carboxylic acids is 2. The van der Waals surface area contributed by atoms with Crippen LogP contribution in [0.3, 0.4) is 0 Å². The van der Waals surface area contributed by atoms with E-state index in [0.717, 1.165) is 0 Å². The Labute approximate surface area is 136 Å². The van der Waals surface area contributed by atoms with Gasteiger partial charge in [0, 0.05) is 5.69 Å². The number of hydrogen-bond donors (Lipinski definition) is 2. The van der Waals surface area contributed by atoms with Gasteiger partial charge in [0.1, 0.15) is 5.75 Å². The standard InChI is InChI=1S/C15H18F3NO5/c1-3-23-11-7-5-10(6-8-11)19-12(20)9-14(22,15(16,17)18)13(21)24-4-2/h5-8,22H,3-4,9H2,1-2H3,(H,19,20)/t14-/m0/s1. The summed E-state index contributed by atoms with van der Waals surface area (Å²) in [6, 6.07) is 5.86. The molecule has 1 rings (SSSR count). The highest BCUT2D eigenvalue weighted by atomic mass is 19.4. The van der Waals surface area contributed by atoms with Gasteiger partial charge < -0.3 is 19.9 Å². The Bertz CT molecular complexity index is 573. The Morgan fingerprint density at radius 3 is 2.17 bits per heavy atom. The van der Waals surface area contributed by atoms with Crippen LogP contribution in [0, 0.1) is 0 Å². The maximum atomic E-state index is 13.0. The lowest BCUT2D eigenvalue weighted by molar-refractivity contribution is -0.262. The zero-order chi connectivity index (χ0) is 18.4. The fourth-order valence-corrected chi connectivity index (χ4v) is 1.78. The molecule has 1 amide bonds. The number of alkyl halides is 3. The number of amides is 1. The third-order valence-electron chi connectivity index (χ3n) is 2.95. The fraction of sp³-hybridized carbons (Fsp3) is 0.467. The van der Waals surface area contributed by atoms with Crippen molar-refractivity contribution in [3.05, 3.63) is 24.3 Å². The molecule has 1 aromatic carbocycles. The molecule has 134 valence electrons. The predicted molar refractivity (Wildman–Crippen MR) is 78.5 cm³/mol. The van der Waals surface area contributed by atoms with Gasteiger partial charge in [-0.15, -0.1) is 0 Å². The lowest BCUT2D eigenvalue weighted by Gasteiger charge is -2.27. The van der Waals surface area contributed by atoms with Crippen LogP contribution in [0.5, 0.6) is 5.75 Å². The molecular formula is C15H18F3NO5. The quantitative estimate of drug-likeness (QED) is 0.738. The van der Waals surface area contributed by atoms with Crippen LogP contribution in [0.2, 0.25) is 0 Å². The average Bonchev–Trinajstić information content (AvgIpc) is 2.48. The molecule has 6 nitrogen and oxygen atoms in total. The van der Waals surface area contributed by atoms with E-state index in [1.54, 1.807) is 6.92 Å². The lowest BCUT2D eigenvalue weighted by atomic mass is 9.98. The first-order valence-corrected chi connectivity index (χ1v) is 7.13. The molecule has 0 aliphatic carbocycles. The van der Waals surface area contributed by atoms with E-state index in [4.69, 9.17) is 4.74 Å². The second kappa shape index (κ2) is 8.00. The lowest BCUT2D eigenvalue weighted by Crippen LogP contribution is -2.54. The molecule has 0 bridgehead atoms. The number of carbonyl (C=O) groups is 2. The van der Waals surface area contributed by atoms with E-state index in [0.29, 0.717) is 12.4 Å². The van der Waals surface area contributed by atoms with Crippen molar-refractivity contribution in [1.82, 2.24) is 0 Å². The monoisotopic (exact) mass is 349 g/mol. The molecule has 0 heterocycles. The maximum Gasteiger partial charge on any atom is 0.428 e. The fourth-order valence-electron chi connectivity index (χ4n) is 1.78. The Morgan fingerprint density at radius 1 is 1.12 bits per heavy atom. The molecule has 0 fully saturated rings. The van der Waals surface area contributed by atoms with E-state index in [-0.39, 0.29) is 12.3 Å². The van der Waals surface area contributed by atoms with Crippen LogP contribution in [0.15, 0.2) is 24.3 Å². The summed E-state index contributed by atoms with van der Waals surface area (Å²) in [7, 11) is 0. The Kier molecular flexibility index (Phi) is 6.59. The third kappa shape index (κ3) is 4.85. The van der Waals surface area contributed by atoms with Crippen molar-refractivity contribution < 1.29 is 37.3 Å². The molecule has 2 N–H and O–H groups in total. The topological polar surface area (TPSA) is 84.9 Å². The van der Waals surface area contributed by atoms with Gasteiger partial charge in [0.05, 0.1) is 19.6 Å². The number of hydrogen-bond acceptors (Lipinski definition) is 5. The molecule has 0 saturated carbocycles. The highest BCUT2D eigenvalue weighted by molar-refractivity contribution is 5.96. The van der Waals surface area contributed by atoms with Crippen LogP contribution in [0.1, 0.15) is 20.3 Å². The summed E-state index contributed by atoms with van der Waals surface area (Å²) in [5.74, 6) is -2.58. The van der Waals surface area contributed by atoms with E-state index in [1.165, 1.54) is 31.2 Å². The summed E-state index contributed by atoms with van der Waals surface area (Å²) in [4.78, 5) is 23.2. The first kappa shape index (κ1) is 19.8. The molecule has 0 aliphatic heterocycles. The summed E-state index contributed by atoms with van der Waals surface area (Å²) in [5.41, 5.74) is -3.71. The Morgan fingerprint density at radius 2 is 1.71 bits per heavy atom. The van der Waals surface area contributed by atoms with Crippen molar-refractivity contribution in [2.24, 2.45) is 0 Å². The van der Waals surface area contributed by atoms with Gasteiger partial charge in [0.25, 0.3) is 5.60 Å². The highest BCUT2D eigenvalue weighted by Gasteiger charge is 2.61. The summed E-state index contributed by atoms with van der Waals surface area (Å²) >= 11 is 0. The van der Waals surface area contributed by atoms with E-state index < -0.39 is 30.1 Å². The number of rotatable bonds is 7. The summed E-state index contributed by atoms with van der Waals surface area (Å²) in [6.45, 7) is 3.14. The number of benzene rings is 1. The Hall–Kier alpha value is -2.29. The normalized spacial score (nSPS) is 13.8. The number of nitrogens with one attached hydrogen (secondary N) is 1. The zero-order valence-corrected chi connectivity index (χ0v) is 13.1. The van der Waals surface area contributed by atoms with Crippen molar-refractivity contribution in [2.45, 2.75) is 32.0 Å². The highest BCUT2D eigenvalue weighted by Crippen LogP contribution is 2.34. The van der Waals surface area contributed by atoms with E-state index >= 15 is 0 Å². The number of halogens is 3. The molecule has 0 aromatic heterocycles. The summed E-state index contributed by atoms with van der Waals surface area (Å²) in [6.07, 6.45) is -6.86. The van der Waals surface area contributed by atoms with Gasteiger partial charge in [-0.05, 0) is 38.1 Å². The van der Waals surface area contributed by atoms with Gasteiger partial charge in [0.2, 0.25) is 5.91 Å². The molecule has 1 atom stereocenters. The minimum absolute atomic E-state index is 0.192. The van der Waals surface area contributed by atoms with Crippen molar-refractivity contribution in [2.75, 3.05) is 18.5 Å². The van der Waals surface area contributed by atoms with Crippen molar-refractivity contribution in [3.63, 3.8) is 0 Å². The molecule has 0 unspecified atom stereocenters. The second-order valence-corrected chi connectivity index (χ2v) is 4.76. The summed E-state index contributed by atoms with van der Waals surface area (Å²) in [5, 5.41) is 11.8. The van der Waals surface area contributed by atoms with Crippen molar-refractivity contribution in [1.29, 1.82) is 0 Å². The predicted octanol–water partition coefficient (Wildman–Crippen LogP) is 2.27. The van der Waals surface area contributed by atoms with Gasteiger partial charge in [-0.3, -0.25) is 4.79 Å². The molecule has 24 heavy (non-hydrogen) atoms. The third-order valence-corrected chi connectivity index (χ3v) is 2.95. The average molecular weight is 349 g/mol. The molecule has 1 aromatic rings. The van der Waals surface area contributed by atoms with Crippen LogP contribution in [-0.4, -0.2) is 42.0 Å². The SMILES string of the molecule is CCOC(=O)[C@@](O)(CC(=O)Nc1ccc(OCC)cc1)C(F)(F)F. The van der Waals surface area contributed by atoms with Gasteiger partial charge in [-0.1, -0.05) is 0 Å². The van der Waals surface area contributed by atoms with Crippen LogP contribution >= 0.6 is 0 Å². The first-order chi connectivity index (χ1) is 11.1. The summed E-state index contributed by atoms with van der Waals surface area (Å²) < 4.78 is 48.3. The van der Waals surface area contributed by atoms with Gasteiger partial charge >= 0.3 is 12.1 Å². The molecule has 0 saturated heterocycles. The molecule has 0 spiro atoms. The molecule has 0 aliphatic rings. The van der Waals surface area contributed by atoms with Crippen molar-refractivity contribution in [3.8, 4) is 5.75 Å². The minimum atomic E-state index is -5.35. The Balaban J connectivity index is 2.83. The number of esters is 1. The zero-order valence-electron chi connectivity index (χ0n) is 13.1. The molecule has 0 radical (unpaired) electrons. The number of aliphatic hydroxyl groups is 1.